The largest absolute Gasteiger partial charge is 0.478 e. The van der Waals surface area contributed by atoms with Gasteiger partial charge in [0.1, 0.15) is 0 Å². The van der Waals surface area contributed by atoms with Gasteiger partial charge in [0, 0.05) is 23.5 Å². The fraction of sp³-hybridized carbons (Fsp3) is 0.308. The van der Waals surface area contributed by atoms with E-state index in [-0.39, 0.29) is 23.2 Å². The lowest BCUT2D eigenvalue weighted by Crippen LogP contribution is -2.49. The monoisotopic (exact) mass is 355 g/mol. The first-order chi connectivity index (χ1) is 9.95. The number of benzene rings is 1. The van der Waals surface area contributed by atoms with Gasteiger partial charge in [0.25, 0.3) is 0 Å². The first-order valence-electron chi connectivity index (χ1n) is 6.33. The predicted molar refractivity (Wildman–Crippen MR) is 79.3 cm³/mol. The lowest BCUT2D eigenvalue weighted by atomic mass is 10.1. The van der Waals surface area contributed by atoms with E-state index in [1.807, 2.05) is 0 Å². The number of hydrogen-bond acceptors (Lipinski definition) is 3. The molecule has 3 amide bonds. The summed E-state index contributed by atoms with van der Waals surface area (Å²) >= 11 is 3.23. The van der Waals surface area contributed by atoms with Crippen LogP contribution in [0.15, 0.2) is 22.7 Å². The minimum atomic E-state index is -1.12. The number of rotatable bonds is 3. The summed E-state index contributed by atoms with van der Waals surface area (Å²) in [4.78, 5) is 34.0. The average Bonchev–Trinajstić information content (AvgIpc) is 2.41. The maximum absolute atomic E-state index is 11.9. The number of nitrogens with one attached hydrogen (secondary N) is 3. The van der Waals surface area contributed by atoms with Crippen LogP contribution in [0.3, 0.4) is 0 Å². The second kappa shape index (κ2) is 6.57. The lowest BCUT2D eigenvalue weighted by molar-refractivity contribution is -0.122. The van der Waals surface area contributed by atoms with Gasteiger partial charge in [-0.2, -0.15) is 0 Å². The Balaban J connectivity index is 2.01. The van der Waals surface area contributed by atoms with Crippen molar-refractivity contribution < 1.29 is 19.5 Å². The first-order valence-corrected chi connectivity index (χ1v) is 7.12. The molecule has 1 saturated heterocycles. The topological polar surface area (TPSA) is 108 Å². The van der Waals surface area contributed by atoms with Gasteiger partial charge in [-0.1, -0.05) is 15.9 Å². The van der Waals surface area contributed by atoms with Gasteiger partial charge >= 0.3 is 12.0 Å². The van der Waals surface area contributed by atoms with Crippen molar-refractivity contribution in [3.05, 3.63) is 28.2 Å². The Morgan fingerprint density at radius 1 is 1.38 bits per heavy atom. The molecule has 7 nitrogen and oxygen atoms in total. The van der Waals surface area contributed by atoms with E-state index < -0.39 is 12.0 Å². The van der Waals surface area contributed by atoms with Crippen LogP contribution in [-0.2, 0) is 4.79 Å². The van der Waals surface area contributed by atoms with E-state index in [2.05, 4.69) is 31.9 Å². The third-order valence-electron chi connectivity index (χ3n) is 3.06. The third-order valence-corrected chi connectivity index (χ3v) is 3.55. The summed E-state index contributed by atoms with van der Waals surface area (Å²) in [6, 6.07) is 3.84. The van der Waals surface area contributed by atoms with E-state index in [1.54, 1.807) is 6.07 Å². The molecule has 0 saturated carbocycles. The number of carboxylic acids is 1. The van der Waals surface area contributed by atoms with Crippen LogP contribution in [-0.4, -0.2) is 35.6 Å². The van der Waals surface area contributed by atoms with Crippen molar-refractivity contribution in [1.29, 1.82) is 0 Å². The summed E-state index contributed by atoms with van der Waals surface area (Å²) in [6.45, 7) is 0.372. The van der Waals surface area contributed by atoms with Crippen LogP contribution < -0.4 is 16.0 Å². The summed E-state index contributed by atoms with van der Waals surface area (Å²) in [5.74, 6) is -1.16. The maximum atomic E-state index is 11.9. The number of carboxylic acid groups (broad SMARTS) is 1. The molecule has 0 aromatic heterocycles. The summed E-state index contributed by atoms with van der Waals surface area (Å²) in [5, 5.41) is 17.0. The zero-order valence-corrected chi connectivity index (χ0v) is 12.6. The molecule has 4 N–H and O–H groups in total. The van der Waals surface area contributed by atoms with Crippen molar-refractivity contribution >= 4 is 39.5 Å². The first kappa shape index (κ1) is 15.3. The minimum absolute atomic E-state index is 0.00490. The van der Waals surface area contributed by atoms with E-state index in [4.69, 9.17) is 5.11 Å². The molecule has 0 spiro atoms. The molecule has 21 heavy (non-hydrogen) atoms. The minimum Gasteiger partial charge on any atom is -0.478 e. The average molecular weight is 356 g/mol. The molecule has 8 heteroatoms. The molecule has 112 valence electrons. The van der Waals surface area contributed by atoms with Gasteiger partial charge in [-0.25, -0.2) is 9.59 Å². The second-order valence-corrected chi connectivity index (χ2v) is 5.55. The van der Waals surface area contributed by atoms with Gasteiger partial charge in [0.15, 0.2) is 0 Å². The molecule has 2 rings (SSSR count). The lowest BCUT2D eigenvalue weighted by Gasteiger charge is -2.23. The summed E-state index contributed by atoms with van der Waals surface area (Å²) in [5.41, 5.74) is 0.208. The zero-order chi connectivity index (χ0) is 15.4. The predicted octanol–water partition coefficient (Wildman–Crippen LogP) is 1.55. The van der Waals surface area contributed by atoms with Crippen molar-refractivity contribution in [2.24, 2.45) is 0 Å². The van der Waals surface area contributed by atoms with Crippen LogP contribution in [0.25, 0.3) is 0 Å². The normalized spacial score (nSPS) is 17.8. The van der Waals surface area contributed by atoms with Gasteiger partial charge in [-0.05, 0) is 24.6 Å². The Hall–Kier alpha value is -2.09. The molecule has 1 unspecified atom stereocenters. The Kier molecular flexibility index (Phi) is 4.79. The highest BCUT2D eigenvalue weighted by Crippen LogP contribution is 2.21. The van der Waals surface area contributed by atoms with E-state index in [0.717, 1.165) is 0 Å². The third kappa shape index (κ3) is 4.19. The maximum Gasteiger partial charge on any atom is 0.337 e. The smallest absolute Gasteiger partial charge is 0.337 e. The fourth-order valence-electron chi connectivity index (χ4n) is 2.01. The molecule has 1 aliphatic heterocycles. The molecule has 0 radical (unpaired) electrons. The van der Waals surface area contributed by atoms with Crippen LogP contribution in [0, 0.1) is 0 Å². The molecule has 1 fully saturated rings. The van der Waals surface area contributed by atoms with Crippen LogP contribution in [0.5, 0.6) is 0 Å². The number of hydrogen-bond donors (Lipinski definition) is 4. The number of halogens is 1. The van der Waals surface area contributed by atoms with Gasteiger partial charge in [-0.3, -0.25) is 4.79 Å². The van der Waals surface area contributed by atoms with Crippen LogP contribution >= 0.6 is 15.9 Å². The molecular weight excluding hydrogens is 342 g/mol. The number of urea groups is 1. The second-order valence-electron chi connectivity index (χ2n) is 4.63. The van der Waals surface area contributed by atoms with Crippen molar-refractivity contribution in [1.82, 2.24) is 10.6 Å². The van der Waals surface area contributed by atoms with Crippen molar-refractivity contribution in [3.8, 4) is 0 Å². The van der Waals surface area contributed by atoms with E-state index >= 15 is 0 Å². The molecule has 1 atom stereocenters. The van der Waals surface area contributed by atoms with Crippen LogP contribution in [0.2, 0.25) is 0 Å². The van der Waals surface area contributed by atoms with Crippen LogP contribution in [0.4, 0.5) is 10.5 Å². The fourth-order valence-corrected chi connectivity index (χ4v) is 2.37. The molecule has 0 aliphatic carbocycles. The van der Waals surface area contributed by atoms with Gasteiger partial charge in [-0.15, -0.1) is 0 Å². The Bertz CT molecular complexity index is 581. The molecule has 0 bridgehead atoms. The number of carbonyl (C=O) groups excluding carboxylic acids is 2. The molecule has 1 heterocycles. The summed E-state index contributed by atoms with van der Waals surface area (Å²) in [6.07, 6.45) is 0.922. The van der Waals surface area contributed by atoms with Gasteiger partial charge in [0.05, 0.1) is 11.3 Å². The van der Waals surface area contributed by atoms with Crippen molar-refractivity contribution in [2.75, 3.05) is 11.9 Å². The van der Waals surface area contributed by atoms with E-state index in [0.29, 0.717) is 23.9 Å². The number of aromatic carboxylic acids is 1. The SMILES string of the molecule is O=C1CCC(NC(=O)Nc2cc(Br)ccc2C(=O)O)CN1. The number of amides is 3. The Morgan fingerprint density at radius 2 is 2.14 bits per heavy atom. The highest BCUT2D eigenvalue weighted by atomic mass is 79.9. The van der Waals surface area contributed by atoms with Crippen molar-refractivity contribution in [2.45, 2.75) is 18.9 Å². The van der Waals surface area contributed by atoms with Crippen LogP contribution in [0.1, 0.15) is 23.2 Å². The molecule has 1 aromatic carbocycles. The molecule has 1 aromatic rings. The summed E-state index contributed by atoms with van der Waals surface area (Å²) in [7, 11) is 0. The zero-order valence-electron chi connectivity index (χ0n) is 11.0. The van der Waals surface area contributed by atoms with E-state index in [1.165, 1.54) is 12.1 Å². The van der Waals surface area contributed by atoms with Gasteiger partial charge < -0.3 is 21.1 Å². The summed E-state index contributed by atoms with van der Waals surface area (Å²) < 4.78 is 0.660. The van der Waals surface area contributed by atoms with Crippen molar-refractivity contribution in [3.63, 3.8) is 0 Å². The highest BCUT2D eigenvalue weighted by molar-refractivity contribution is 9.10. The highest BCUT2D eigenvalue weighted by Gasteiger charge is 2.20. The number of carbonyl (C=O) groups is 3. The Morgan fingerprint density at radius 3 is 2.76 bits per heavy atom. The number of anilines is 1. The molecular formula is C13H14BrN3O4. The Labute approximate surface area is 129 Å². The number of piperidine rings is 1. The standard InChI is InChI=1S/C13H14BrN3O4/c14-7-1-3-9(12(19)20)10(5-7)17-13(21)16-8-2-4-11(18)15-6-8/h1,3,5,8H,2,4,6H2,(H,15,18)(H,19,20)(H2,16,17,21). The van der Waals surface area contributed by atoms with Gasteiger partial charge in [0.2, 0.25) is 5.91 Å². The quantitative estimate of drug-likeness (QED) is 0.659. The molecule has 1 aliphatic rings. The van der Waals surface area contributed by atoms with E-state index in [9.17, 15) is 14.4 Å².